The fourth-order valence-corrected chi connectivity index (χ4v) is 5.11. The van der Waals surface area contributed by atoms with Crippen LogP contribution in [0, 0.1) is 0 Å². The minimum atomic E-state index is -1.54. The second kappa shape index (κ2) is 6.24. The molecule has 1 aromatic carbocycles. The van der Waals surface area contributed by atoms with E-state index >= 15 is 0 Å². The van der Waals surface area contributed by atoms with Gasteiger partial charge in [-0.25, -0.2) is 9.59 Å². The van der Waals surface area contributed by atoms with Gasteiger partial charge in [0, 0.05) is 13.3 Å². The largest absolute Gasteiger partial charge is 0.479 e. The lowest BCUT2D eigenvalue weighted by Crippen LogP contribution is -2.65. The third kappa shape index (κ3) is 2.59. The third-order valence-electron chi connectivity index (χ3n) is 5.17. The molecule has 0 saturated carbocycles. The van der Waals surface area contributed by atoms with Crippen molar-refractivity contribution in [3.8, 4) is 0 Å². The van der Waals surface area contributed by atoms with Crippen LogP contribution < -0.4 is 5.73 Å². The summed E-state index contributed by atoms with van der Waals surface area (Å²) in [5.74, 6) is -1.44. The summed E-state index contributed by atoms with van der Waals surface area (Å²) in [4.78, 5) is 43.9. The zero-order valence-corrected chi connectivity index (χ0v) is 15.4. The van der Waals surface area contributed by atoms with E-state index in [2.05, 4.69) is 4.99 Å². The number of rotatable bonds is 4. The summed E-state index contributed by atoms with van der Waals surface area (Å²) in [5.41, 5.74) is 6.68. The van der Waals surface area contributed by atoms with Gasteiger partial charge in [0.1, 0.15) is 17.6 Å². The zero-order valence-electron chi connectivity index (χ0n) is 14.6. The average molecular weight is 389 g/mol. The maximum absolute atomic E-state index is 12.8. The molecule has 3 aliphatic rings. The summed E-state index contributed by atoms with van der Waals surface area (Å²) in [5, 5.41) is 9.49. The van der Waals surface area contributed by atoms with E-state index in [4.69, 9.17) is 5.73 Å². The number of nitrogens with two attached hydrogens (primary N) is 1. The number of hydrogen-bond donors (Lipinski definition) is 2. The van der Waals surface area contributed by atoms with Crippen molar-refractivity contribution in [2.75, 3.05) is 20.1 Å². The standard InChI is InChI=1S/C17H19N5O4S/c1-20-11(19-7-10-5-3-2-4-6-10)8-22(16(20)26)17(15(24)25)9-21-13(23)12(18)14(21)27-17/h2-7,11-12,14H,8-9,18H2,1H3,(H,24,25)/t11?,12-,14-,17-/m1/s1. The first kappa shape index (κ1) is 17.8. The van der Waals surface area contributed by atoms with Crippen molar-refractivity contribution < 1.29 is 19.5 Å². The summed E-state index contributed by atoms with van der Waals surface area (Å²) < 4.78 is 0. The molecule has 1 unspecified atom stereocenters. The van der Waals surface area contributed by atoms with Gasteiger partial charge in [-0.1, -0.05) is 42.1 Å². The number of carbonyl (C=O) groups excluding carboxylic acids is 2. The minimum Gasteiger partial charge on any atom is -0.479 e. The van der Waals surface area contributed by atoms with Crippen molar-refractivity contribution in [2.24, 2.45) is 10.7 Å². The third-order valence-corrected chi connectivity index (χ3v) is 6.88. The van der Waals surface area contributed by atoms with Crippen molar-refractivity contribution >= 4 is 35.9 Å². The molecule has 9 nitrogen and oxygen atoms in total. The molecule has 0 aliphatic carbocycles. The van der Waals surface area contributed by atoms with Crippen LogP contribution in [0.5, 0.6) is 0 Å². The number of nitrogens with zero attached hydrogens (tertiary/aromatic N) is 4. The van der Waals surface area contributed by atoms with Gasteiger partial charge in [0.25, 0.3) is 0 Å². The molecule has 0 aromatic heterocycles. The number of carbonyl (C=O) groups is 3. The molecular formula is C17H19N5O4S. The van der Waals surface area contributed by atoms with Crippen LogP contribution in [-0.4, -0.2) is 86.5 Å². The van der Waals surface area contributed by atoms with E-state index in [9.17, 15) is 19.5 Å². The molecule has 27 heavy (non-hydrogen) atoms. The lowest BCUT2D eigenvalue weighted by Gasteiger charge is -2.38. The molecule has 0 radical (unpaired) electrons. The quantitative estimate of drug-likeness (QED) is 0.545. The second-order valence-electron chi connectivity index (χ2n) is 6.76. The molecule has 3 aliphatic heterocycles. The van der Waals surface area contributed by atoms with Gasteiger partial charge in [0.2, 0.25) is 10.8 Å². The highest BCUT2D eigenvalue weighted by Crippen LogP contribution is 2.49. The summed E-state index contributed by atoms with van der Waals surface area (Å²) in [6.07, 6.45) is 1.16. The predicted molar refractivity (Wildman–Crippen MR) is 99.1 cm³/mol. The topological polar surface area (TPSA) is 120 Å². The van der Waals surface area contributed by atoms with Crippen LogP contribution in [0.4, 0.5) is 4.79 Å². The number of aliphatic carboxylic acids is 1. The monoisotopic (exact) mass is 389 g/mol. The van der Waals surface area contributed by atoms with Crippen molar-refractivity contribution in [1.29, 1.82) is 0 Å². The van der Waals surface area contributed by atoms with E-state index in [0.29, 0.717) is 0 Å². The Kier molecular flexibility index (Phi) is 4.11. The van der Waals surface area contributed by atoms with Crippen LogP contribution in [0.3, 0.4) is 0 Å². The molecule has 0 bridgehead atoms. The van der Waals surface area contributed by atoms with Gasteiger partial charge >= 0.3 is 12.0 Å². The molecule has 1 aromatic rings. The SMILES string of the molecule is CN1C(=O)N([C@]2(C(=O)O)CN3C(=O)[C@@H](N)[C@H]3S2)CC1N=Cc1ccccc1. The number of aliphatic imine (C=N–C) groups is 1. The highest BCUT2D eigenvalue weighted by Gasteiger charge is 2.65. The maximum Gasteiger partial charge on any atom is 0.342 e. The second-order valence-corrected chi connectivity index (χ2v) is 8.16. The van der Waals surface area contributed by atoms with Gasteiger partial charge in [-0.15, -0.1) is 0 Å². The Hall–Kier alpha value is -2.59. The lowest BCUT2D eigenvalue weighted by atomic mass is 10.1. The number of fused-ring (bicyclic) bond motifs is 1. The van der Waals surface area contributed by atoms with Gasteiger partial charge in [0.15, 0.2) is 0 Å². The van der Waals surface area contributed by atoms with Crippen LogP contribution in [-0.2, 0) is 9.59 Å². The van der Waals surface area contributed by atoms with Crippen molar-refractivity contribution in [1.82, 2.24) is 14.7 Å². The van der Waals surface area contributed by atoms with E-state index in [0.717, 1.165) is 17.3 Å². The number of likely N-dealkylation sites (N-methyl/N-ethyl adjacent to an activating group) is 1. The number of carboxylic acid groups (broad SMARTS) is 1. The Morgan fingerprint density at radius 2 is 2.07 bits per heavy atom. The highest BCUT2D eigenvalue weighted by molar-refractivity contribution is 8.02. The number of benzene rings is 1. The first-order valence-electron chi connectivity index (χ1n) is 8.45. The molecule has 3 heterocycles. The normalized spacial score (nSPS) is 33.0. The Balaban J connectivity index is 1.58. The smallest absolute Gasteiger partial charge is 0.342 e. The molecule has 0 spiro atoms. The summed E-state index contributed by atoms with van der Waals surface area (Å²) in [6.45, 7) is 0.0564. The molecule has 3 N–H and O–H groups in total. The van der Waals surface area contributed by atoms with Crippen molar-refractivity contribution in [2.45, 2.75) is 22.5 Å². The number of thioether (sulfide) groups is 1. The van der Waals surface area contributed by atoms with Gasteiger partial charge in [0.05, 0.1) is 13.1 Å². The van der Waals surface area contributed by atoms with Gasteiger partial charge < -0.3 is 20.6 Å². The van der Waals surface area contributed by atoms with E-state index < -0.39 is 34.5 Å². The van der Waals surface area contributed by atoms with E-state index in [1.165, 1.54) is 14.7 Å². The fraction of sp³-hybridized carbons (Fsp3) is 0.412. The van der Waals surface area contributed by atoms with Crippen LogP contribution in [0.15, 0.2) is 35.3 Å². The van der Waals surface area contributed by atoms with Crippen LogP contribution in [0.1, 0.15) is 5.56 Å². The molecule has 3 amide bonds. The van der Waals surface area contributed by atoms with Crippen molar-refractivity contribution in [3.05, 3.63) is 35.9 Å². The molecular weight excluding hydrogens is 370 g/mol. The van der Waals surface area contributed by atoms with E-state index in [-0.39, 0.29) is 19.0 Å². The molecule has 4 atom stereocenters. The van der Waals surface area contributed by atoms with Crippen molar-refractivity contribution in [3.63, 3.8) is 0 Å². The Morgan fingerprint density at radius 3 is 2.70 bits per heavy atom. The number of urea groups is 1. The molecule has 3 fully saturated rings. The minimum absolute atomic E-state index is 0.0705. The fourth-order valence-electron chi connectivity index (χ4n) is 3.55. The van der Waals surface area contributed by atoms with Gasteiger partial charge in [-0.3, -0.25) is 14.7 Å². The number of carboxylic acids is 1. The maximum atomic E-state index is 12.8. The number of amides is 3. The molecule has 142 valence electrons. The summed E-state index contributed by atoms with van der Waals surface area (Å²) >= 11 is 1.05. The van der Waals surface area contributed by atoms with Crippen LogP contribution in [0.2, 0.25) is 0 Å². The highest BCUT2D eigenvalue weighted by atomic mass is 32.2. The lowest BCUT2D eigenvalue weighted by molar-refractivity contribution is -0.148. The first-order chi connectivity index (χ1) is 12.8. The van der Waals surface area contributed by atoms with Crippen LogP contribution in [0.25, 0.3) is 0 Å². The van der Waals surface area contributed by atoms with Gasteiger partial charge in [-0.05, 0) is 5.56 Å². The average Bonchev–Trinajstić information content (AvgIpc) is 3.18. The molecule has 3 saturated heterocycles. The van der Waals surface area contributed by atoms with Gasteiger partial charge in [-0.2, -0.15) is 0 Å². The van der Waals surface area contributed by atoms with E-state index in [1.54, 1.807) is 13.3 Å². The first-order valence-corrected chi connectivity index (χ1v) is 9.33. The number of β-lactam (4-membered cyclic amide) rings is 1. The summed E-state index contributed by atoms with van der Waals surface area (Å²) in [7, 11) is 1.59. The predicted octanol–water partition coefficient (Wildman–Crippen LogP) is -0.178. The van der Waals surface area contributed by atoms with E-state index in [1.807, 2.05) is 30.3 Å². The number of hydrogen-bond acceptors (Lipinski definition) is 6. The van der Waals surface area contributed by atoms with Crippen LogP contribution >= 0.6 is 11.8 Å². The Bertz CT molecular complexity index is 834. The Labute approximate surface area is 159 Å². The Morgan fingerprint density at radius 1 is 1.37 bits per heavy atom. The zero-order chi connectivity index (χ0) is 19.3. The molecule has 4 rings (SSSR count). The molecule has 10 heteroatoms. The summed E-state index contributed by atoms with van der Waals surface area (Å²) in [6, 6.07) is 8.30.